The third kappa shape index (κ3) is 7.15. The van der Waals surface area contributed by atoms with E-state index in [-0.39, 0.29) is 18.3 Å². The zero-order valence-corrected chi connectivity index (χ0v) is 9.85. The summed E-state index contributed by atoms with van der Waals surface area (Å²) < 4.78 is 0. The monoisotopic (exact) mass is 223 g/mol. The van der Waals surface area contributed by atoms with E-state index in [2.05, 4.69) is 6.92 Å². The molecule has 0 amide bonds. The van der Waals surface area contributed by atoms with Crippen molar-refractivity contribution in [1.29, 1.82) is 0 Å². The summed E-state index contributed by atoms with van der Waals surface area (Å²) in [5.41, 5.74) is 5.48. The van der Waals surface area contributed by atoms with Gasteiger partial charge in [-0.1, -0.05) is 39.5 Å². The number of rotatable bonds is 7. The number of halogens is 1. The van der Waals surface area contributed by atoms with Crippen LogP contribution in [0.25, 0.3) is 0 Å². The quantitative estimate of drug-likeness (QED) is 0.652. The average Bonchev–Trinajstić information content (AvgIpc) is 2.10. The maximum absolute atomic E-state index is 10.5. The normalized spacial score (nSPS) is 14.2. The molecule has 86 valence electrons. The molecule has 4 heteroatoms. The summed E-state index contributed by atoms with van der Waals surface area (Å²) in [6.07, 6.45) is 5.64. The number of nitrogens with two attached hydrogens (primary N) is 1. The van der Waals surface area contributed by atoms with Crippen molar-refractivity contribution in [2.45, 2.75) is 52.0 Å². The fourth-order valence-corrected chi connectivity index (χ4v) is 1.32. The molecule has 3 N–H and O–H groups in total. The van der Waals surface area contributed by atoms with Gasteiger partial charge >= 0.3 is 5.97 Å². The van der Waals surface area contributed by atoms with Crippen LogP contribution in [0.3, 0.4) is 0 Å². The predicted molar refractivity (Wildman–Crippen MR) is 60.8 cm³/mol. The average molecular weight is 224 g/mol. The molecule has 0 aromatic heterocycles. The maximum atomic E-state index is 10.5. The van der Waals surface area contributed by atoms with Crippen molar-refractivity contribution in [2.75, 3.05) is 0 Å². The highest BCUT2D eigenvalue weighted by molar-refractivity contribution is 5.85. The Morgan fingerprint density at radius 1 is 1.36 bits per heavy atom. The first-order chi connectivity index (χ1) is 6.09. The minimum atomic E-state index is -0.886. The van der Waals surface area contributed by atoms with Crippen LogP contribution in [0.15, 0.2) is 0 Å². The summed E-state index contributed by atoms with van der Waals surface area (Å²) in [7, 11) is 0. The molecule has 0 bridgehead atoms. The van der Waals surface area contributed by atoms with Gasteiger partial charge in [-0.3, -0.25) is 4.79 Å². The summed E-state index contributed by atoms with van der Waals surface area (Å²) in [6, 6.07) is -0.693. The fraction of sp³-hybridized carbons (Fsp3) is 0.900. The van der Waals surface area contributed by atoms with E-state index < -0.39 is 12.0 Å². The molecule has 0 fully saturated rings. The zero-order valence-electron chi connectivity index (χ0n) is 9.03. The van der Waals surface area contributed by atoms with Crippen molar-refractivity contribution >= 4 is 18.4 Å². The number of aliphatic carboxylic acids is 1. The van der Waals surface area contributed by atoms with E-state index in [0.29, 0.717) is 0 Å². The lowest BCUT2D eigenvalue weighted by Gasteiger charge is -2.15. The molecule has 0 radical (unpaired) electrons. The zero-order chi connectivity index (χ0) is 10.3. The SMILES string of the molecule is CCCCCCC(C)[C@H](N)C(=O)O.Cl. The molecular formula is C10H22ClNO2. The molecule has 0 aromatic rings. The maximum Gasteiger partial charge on any atom is 0.320 e. The number of hydrogen-bond donors (Lipinski definition) is 2. The number of hydrogen-bond acceptors (Lipinski definition) is 2. The molecule has 0 spiro atoms. The van der Waals surface area contributed by atoms with Gasteiger partial charge in [-0.2, -0.15) is 0 Å². The van der Waals surface area contributed by atoms with Crippen LogP contribution in [-0.2, 0) is 4.79 Å². The summed E-state index contributed by atoms with van der Waals surface area (Å²) in [5, 5.41) is 8.63. The Kier molecular flexibility index (Phi) is 10.7. The summed E-state index contributed by atoms with van der Waals surface area (Å²) in [6.45, 7) is 4.07. The van der Waals surface area contributed by atoms with Crippen molar-refractivity contribution in [2.24, 2.45) is 11.7 Å². The van der Waals surface area contributed by atoms with E-state index in [1.807, 2.05) is 6.92 Å². The van der Waals surface area contributed by atoms with Crippen LogP contribution in [0.2, 0.25) is 0 Å². The molecule has 0 heterocycles. The van der Waals surface area contributed by atoms with Gasteiger partial charge in [-0.05, 0) is 12.3 Å². The molecule has 0 rings (SSSR count). The van der Waals surface area contributed by atoms with Crippen LogP contribution in [0.4, 0.5) is 0 Å². The first-order valence-corrected chi connectivity index (χ1v) is 5.08. The lowest BCUT2D eigenvalue weighted by Crippen LogP contribution is -2.36. The lowest BCUT2D eigenvalue weighted by molar-refractivity contribution is -0.139. The highest BCUT2D eigenvalue weighted by atomic mass is 35.5. The van der Waals surface area contributed by atoms with Crippen molar-refractivity contribution in [1.82, 2.24) is 0 Å². The van der Waals surface area contributed by atoms with Gasteiger partial charge in [0, 0.05) is 0 Å². The summed E-state index contributed by atoms with van der Waals surface area (Å²) in [4.78, 5) is 10.5. The second-order valence-corrected chi connectivity index (χ2v) is 3.69. The van der Waals surface area contributed by atoms with Gasteiger partial charge in [-0.25, -0.2) is 0 Å². The van der Waals surface area contributed by atoms with Crippen LogP contribution in [0.5, 0.6) is 0 Å². The molecule has 0 aliphatic heterocycles. The molecule has 0 aliphatic carbocycles. The van der Waals surface area contributed by atoms with Crippen LogP contribution in [0, 0.1) is 5.92 Å². The van der Waals surface area contributed by atoms with Crippen molar-refractivity contribution < 1.29 is 9.90 Å². The topological polar surface area (TPSA) is 63.3 Å². The van der Waals surface area contributed by atoms with E-state index in [1.165, 1.54) is 19.3 Å². The second kappa shape index (κ2) is 9.28. The molecule has 3 nitrogen and oxygen atoms in total. The van der Waals surface area contributed by atoms with Gasteiger partial charge in [0.25, 0.3) is 0 Å². The third-order valence-corrected chi connectivity index (χ3v) is 2.41. The first kappa shape index (κ1) is 16.2. The highest BCUT2D eigenvalue weighted by Gasteiger charge is 2.18. The van der Waals surface area contributed by atoms with Crippen molar-refractivity contribution in [3.8, 4) is 0 Å². The van der Waals surface area contributed by atoms with E-state index in [0.717, 1.165) is 12.8 Å². The van der Waals surface area contributed by atoms with E-state index in [1.54, 1.807) is 0 Å². The van der Waals surface area contributed by atoms with Crippen LogP contribution in [-0.4, -0.2) is 17.1 Å². The molecular weight excluding hydrogens is 202 g/mol. The Hall–Kier alpha value is -0.280. The number of carboxylic acids is 1. The third-order valence-electron chi connectivity index (χ3n) is 2.41. The minimum absolute atomic E-state index is 0. The van der Waals surface area contributed by atoms with Gasteiger partial charge < -0.3 is 10.8 Å². The number of carbonyl (C=O) groups is 1. The van der Waals surface area contributed by atoms with E-state index in [4.69, 9.17) is 10.8 Å². The fourth-order valence-electron chi connectivity index (χ4n) is 1.32. The molecule has 0 saturated heterocycles. The van der Waals surface area contributed by atoms with Gasteiger partial charge in [0.2, 0.25) is 0 Å². The first-order valence-electron chi connectivity index (χ1n) is 5.08. The number of carboxylic acid groups (broad SMARTS) is 1. The smallest absolute Gasteiger partial charge is 0.320 e. The van der Waals surface area contributed by atoms with Crippen LogP contribution in [0.1, 0.15) is 46.0 Å². The molecule has 14 heavy (non-hydrogen) atoms. The van der Waals surface area contributed by atoms with Gasteiger partial charge in [0.05, 0.1) is 0 Å². The minimum Gasteiger partial charge on any atom is -0.480 e. The van der Waals surface area contributed by atoms with Crippen LogP contribution < -0.4 is 5.73 Å². The molecule has 2 atom stereocenters. The molecule has 0 aliphatic rings. The second-order valence-electron chi connectivity index (χ2n) is 3.69. The number of unbranched alkanes of at least 4 members (excludes halogenated alkanes) is 3. The van der Waals surface area contributed by atoms with E-state index in [9.17, 15) is 4.79 Å². The molecule has 0 aromatic carbocycles. The van der Waals surface area contributed by atoms with Crippen molar-refractivity contribution in [3.05, 3.63) is 0 Å². The predicted octanol–water partition coefficient (Wildman–Crippen LogP) is 2.43. The largest absolute Gasteiger partial charge is 0.480 e. The van der Waals surface area contributed by atoms with Crippen LogP contribution >= 0.6 is 12.4 Å². The Morgan fingerprint density at radius 3 is 2.36 bits per heavy atom. The molecule has 0 saturated carbocycles. The Labute approximate surface area is 92.5 Å². The summed E-state index contributed by atoms with van der Waals surface area (Å²) in [5.74, 6) is -0.794. The lowest BCUT2D eigenvalue weighted by atomic mass is 9.96. The van der Waals surface area contributed by atoms with Crippen molar-refractivity contribution in [3.63, 3.8) is 0 Å². The Bertz CT molecular complexity index is 153. The van der Waals surface area contributed by atoms with Gasteiger partial charge in [0.15, 0.2) is 0 Å². The Balaban J connectivity index is 0. The standard InChI is InChI=1S/C10H21NO2.ClH/c1-3-4-5-6-7-8(2)9(11)10(12)13;/h8-9H,3-7,11H2,1-2H3,(H,12,13);1H/t8?,9-;/m0./s1. The highest BCUT2D eigenvalue weighted by Crippen LogP contribution is 2.12. The van der Waals surface area contributed by atoms with Gasteiger partial charge in [-0.15, -0.1) is 12.4 Å². The van der Waals surface area contributed by atoms with E-state index >= 15 is 0 Å². The Morgan fingerprint density at radius 2 is 1.93 bits per heavy atom. The molecule has 1 unspecified atom stereocenters. The van der Waals surface area contributed by atoms with Gasteiger partial charge in [0.1, 0.15) is 6.04 Å². The summed E-state index contributed by atoms with van der Waals surface area (Å²) >= 11 is 0.